The van der Waals surface area contributed by atoms with Gasteiger partial charge >= 0.3 is 5.97 Å². The van der Waals surface area contributed by atoms with Crippen LogP contribution in [0.4, 0.5) is 0 Å². The van der Waals surface area contributed by atoms with Gasteiger partial charge in [-0.1, -0.05) is 20.4 Å². The van der Waals surface area contributed by atoms with Gasteiger partial charge in [-0.25, -0.2) is 0 Å². The molecule has 0 aromatic heterocycles. The molecule has 7 heteroatoms. The zero-order valence-electron chi connectivity index (χ0n) is 17.2. The molecule has 3 unspecified atom stereocenters. The summed E-state index contributed by atoms with van der Waals surface area (Å²) in [5, 5.41) is 34.5. The minimum atomic E-state index is -2.19. The number of carbonyl (C=O) groups is 2. The zero-order valence-corrected chi connectivity index (χ0v) is 17.2. The molecule has 4 aliphatic carbocycles. The maximum Gasteiger partial charge on any atom is 0.302 e. The van der Waals surface area contributed by atoms with E-state index in [0.717, 1.165) is 0 Å². The molecule has 6 fully saturated rings. The molecule has 0 aromatic carbocycles. The Balaban J connectivity index is 1.79. The fourth-order valence-corrected chi connectivity index (χ4v) is 8.24. The monoisotopic (exact) mass is 406 g/mol. The summed E-state index contributed by atoms with van der Waals surface area (Å²) >= 11 is 0. The van der Waals surface area contributed by atoms with E-state index >= 15 is 0 Å². The number of fused-ring (bicyclic) bond motifs is 2. The van der Waals surface area contributed by atoms with Gasteiger partial charge in [0.25, 0.3) is 0 Å². The Morgan fingerprint density at radius 3 is 2.55 bits per heavy atom. The standard InChI is InChI=1S/C22H30O7/c1-10-12-5-6-13-20-9-28-22(27,21(13,16(10)24)17(12)25)18(26)15(20)19(3,4)8-7-14(20)29-11(2)23/h12-15,17-18,25-27H,1,5-9H2,2-4H3/t12-,13?,14?,15+,17+,18-,20+,21-,22?/m0/s1. The van der Waals surface area contributed by atoms with Crippen LogP contribution in [0, 0.1) is 34.0 Å². The average Bonchev–Trinajstić information content (AvgIpc) is 2.74. The molecule has 2 spiro atoms. The van der Waals surface area contributed by atoms with Gasteiger partial charge in [0.05, 0.1) is 12.7 Å². The number of Topliss-reactive ketones (excluding diaryl/α,β-unsaturated/α-hetero) is 1. The lowest BCUT2D eigenvalue weighted by Crippen LogP contribution is -2.85. The van der Waals surface area contributed by atoms with Crippen LogP contribution in [0.25, 0.3) is 0 Å². The molecule has 2 heterocycles. The third-order valence-corrected chi connectivity index (χ3v) is 9.16. The van der Waals surface area contributed by atoms with Crippen LogP contribution < -0.4 is 0 Å². The van der Waals surface area contributed by atoms with Crippen molar-refractivity contribution in [1.29, 1.82) is 0 Å². The Bertz CT molecular complexity index is 820. The summed E-state index contributed by atoms with van der Waals surface area (Å²) in [7, 11) is 0. The van der Waals surface area contributed by atoms with Crippen LogP contribution in [0.1, 0.15) is 46.5 Å². The molecule has 6 aliphatic rings. The van der Waals surface area contributed by atoms with Crippen molar-refractivity contribution in [3.8, 4) is 0 Å². The molecule has 2 saturated heterocycles. The highest BCUT2D eigenvalue weighted by atomic mass is 16.6. The number of aliphatic hydroxyl groups excluding tert-OH is 2. The number of ketones is 1. The van der Waals surface area contributed by atoms with Crippen molar-refractivity contribution < 1.29 is 34.4 Å². The second-order valence-corrected chi connectivity index (χ2v) is 10.5. The minimum absolute atomic E-state index is 0.0795. The number of esters is 1. The molecule has 4 saturated carbocycles. The maximum atomic E-state index is 13.5. The van der Waals surface area contributed by atoms with Gasteiger partial charge in [-0.05, 0) is 42.6 Å². The van der Waals surface area contributed by atoms with Crippen LogP contribution in [-0.4, -0.2) is 57.8 Å². The molecule has 160 valence electrons. The molecule has 2 aliphatic heterocycles. The van der Waals surface area contributed by atoms with E-state index in [9.17, 15) is 24.9 Å². The number of carbonyl (C=O) groups excluding carboxylic acids is 2. The summed E-state index contributed by atoms with van der Waals surface area (Å²) in [5.41, 5.74) is -2.60. The predicted molar refractivity (Wildman–Crippen MR) is 100 cm³/mol. The summed E-state index contributed by atoms with van der Waals surface area (Å²) in [6.45, 7) is 9.43. The normalized spacial score (nSPS) is 54.7. The first-order valence-corrected chi connectivity index (χ1v) is 10.6. The number of rotatable bonds is 1. The lowest BCUT2D eigenvalue weighted by Gasteiger charge is -2.74. The molecule has 0 amide bonds. The molecule has 0 radical (unpaired) electrons. The zero-order chi connectivity index (χ0) is 21.1. The molecular formula is C22H30O7. The van der Waals surface area contributed by atoms with Crippen LogP contribution in [0.15, 0.2) is 12.2 Å². The van der Waals surface area contributed by atoms with Gasteiger partial charge in [0.15, 0.2) is 5.78 Å². The third-order valence-electron chi connectivity index (χ3n) is 9.16. The predicted octanol–water partition coefficient (Wildman–Crippen LogP) is 0.946. The van der Waals surface area contributed by atoms with Crippen LogP contribution >= 0.6 is 0 Å². The Morgan fingerprint density at radius 2 is 1.90 bits per heavy atom. The maximum absolute atomic E-state index is 13.5. The van der Waals surface area contributed by atoms with Gasteiger partial charge in [-0.2, -0.15) is 0 Å². The fraction of sp³-hybridized carbons (Fsp3) is 0.818. The van der Waals surface area contributed by atoms with E-state index in [2.05, 4.69) is 6.58 Å². The van der Waals surface area contributed by atoms with Gasteiger partial charge in [0, 0.05) is 24.2 Å². The molecule has 6 rings (SSSR count). The lowest BCUT2D eigenvalue weighted by molar-refractivity contribution is -0.458. The number of aliphatic hydroxyl groups is 3. The Hall–Kier alpha value is -1.28. The largest absolute Gasteiger partial charge is 0.462 e. The summed E-state index contributed by atoms with van der Waals surface area (Å²) < 4.78 is 11.7. The summed E-state index contributed by atoms with van der Waals surface area (Å²) in [6, 6.07) is 0. The summed E-state index contributed by atoms with van der Waals surface area (Å²) in [4.78, 5) is 25.5. The molecular weight excluding hydrogens is 376 g/mol. The fourth-order valence-electron chi connectivity index (χ4n) is 8.24. The first-order valence-electron chi connectivity index (χ1n) is 10.6. The highest BCUT2D eigenvalue weighted by Crippen LogP contribution is 2.76. The molecule has 3 N–H and O–H groups in total. The first-order chi connectivity index (χ1) is 13.5. The van der Waals surface area contributed by atoms with Crippen molar-refractivity contribution in [2.75, 3.05) is 6.61 Å². The number of hydrogen-bond acceptors (Lipinski definition) is 7. The molecule has 29 heavy (non-hydrogen) atoms. The van der Waals surface area contributed by atoms with Gasteiger partial charge in [-0.3, -0.25) is 9.59 Å². The van der Waals surface area contributed by atoms with E-state index in [1.54, 1.807) is 0 Å². The Kier molecular flexibility index (Phi) is 3.73. The van der Waals surface area contributed by atoms with Crippen molar-refractivity contribution in [1.82, 2.24) is 0 Å². The molecule has 0 aromatic rings. The highest BCUT2D eigenvalue weighted by molar-refractivity contribution is 6.05. The van der Waals surface area contributed by atoms with Crippen LogP contribution in [-0.2, 0) is 19.1 Å². The van der Waals surface area contributed by atoms with Crippen molar-refractivity contribution in [3.63, 3.8) is 0 Å². The smallest absolute Gasteiger partial charge is 0.302 e. The van der Waals surface area contributed by atoms with Gasteiger partial charge in [-0.15, -0.1) is 0 Å². The topological polar surface area (TPSA) is 113 Å². The molecule has 4 bridgehead atoms. The quantitative estimate of drug-likeness (QED) is 0.439. The van der Waals surface area contributed by atoms with E-state index in [1.807, 2.05) is 13.8 Å². The van der Waals surface area contributed by atoms with Gasteiger partial charge in [0.1, 0.15) is 17.6 Å². The second-order valence-electron chi connectivity index (χ2n) is 10.5. The van der Waals surface area contributed by atoms with Crippen molar-refractivity contribution in [2.45, 2.75) is 70.6 Å². The van der Waals surface area contributed by atoms with E-state index in [4.69, 9.17) is 9.47 Å². The first kappa shape index (κ1) is 19.7. The van der Waals surface area contributed by atoms with E-state index in [1.165, 1.54) is 6.92 Å². The van der Waals surface area contributed by atoms with Gasteiger partial charge in [0.2, 0.25) is 5.79 Å². The van der Waals surface area contributed by atoms with Crippen LogP contribution in [0.5, 0.6) is 0 Å². The van der Waals surface area contributed by atoms with Crippen LogP contribution in [0.2, 0.25) is 0 Å². The Labute approximate surface area is 170 Å². The van der Waals surface area contributed by atoms with Gasteiger partial charge < -0.3 is 24.8 Å². The van der Waals surface area contributed by atoms with E-state index in [-0.39, 0.29) is 12.0 Å². The van der Waals surface area contributed by atoms with E-state index in [0.29, 0.717) is 31.3 Å². The molecule has 7 nitrogen and oxygen atoms in total. The summed E-state index contributed by atoms with van der Waals surface area (Å²) in [6.07, 6.45) is -0.674. The number of hydrogen-bond donors (Lipinski definition) is 3. The second kappa shape index (κ2) is 5.49. The van der Waals surface area contributed by atoms with Crippen molar-refractivity contribution in [3.05, 3.63) is 12.2 Å². The van der Waals surface area contributed by atoms with Crippen molar-refractivity contribution in [2.24, 2.45) is 34.0 Å². The lowest BCUT2D eigenvalue weighted by atomic mass is 9.35. The average molecular weight is 406 g/mol. The minimum Gasteiger partial charge on any atom is -0.462 e. The molecule has 9 atom stereocenters. The summed E-state index contributed by atoms with van der Waals surface area (Å²) in [5.74, 6) is -4.38. The number of ether oxygens (including phenoxy) is 2. The van der Waals surface area contributed by atoms with Crippen LogP contribution in [0.3, 0.4) is 0 Å². The SMILES string of the molecule is C=C1C(=O)[C@@]23C(CC[C@@H]1[C@H]2O)[C@@]12COC3(O)[C@@H](O)[C@@H]1C(C)(C)CCC2OC(C)=O. The van der Waals surface area contributed by atoms with Crippen molar-refractivity contribution >= 4 is 11.8 Å². The Morgan fingerprint density at radius 1 is 1.21 bits per heavy atom. The third kappa shape index (κ3) is 1.86. The highest BCUT2D eigenvalue weighted by Gasteiger charge is 2.87. The van der Waals surface area contributed by atoms with E-state index < -0.39 is 64.4 Å².